The zero-order valence-corrected chi connectivity index (χ0v) is 9.76. The molecule has 1 amide bonds. The highest BCUT2D eigenvalue weighted by atomic mass is 16.1. The minimum atomic E-state index is -0.226. The van der Waals surface area contributed by atoms with Crippen molar-refractivity contribution in [3.8, 4) is 17.2 Å². The number of carbonyl (C=O) groups is 1. The quantitative estimate of drug-likeness (QED) is 0.833. The molecule has 1 N–H and O–H groups in total. The lowest BCUT2D eigenvalue weighted by Crippen LogP contribution is -2.23. The molecule has 3 nitrogen and oxygen atoms in total. The van der Waals surface area contributed by atoms with Gasteiger partial charge in [-0.15, -0.1) is 0 Å². The fraction of sp³-hybridized carbons (Fsp3) is 0.0667. The number of hydrogen-bond acceptors (Lipinski definition) is 2. The molecule has 0 fully saturated rings. The molecule has 0 heterocycles. The minimum Gasteiger partial charge on any atom is -0.339 e. The summed E-state index contributed by atoms with van der Waals surface area (Å²) < 4.78 is 0. The topological polar surface area (TPSA) is 52.9 Å². The Balaban J connectivity index is 2.16. The van der Waals surface area contributed by atoms with Gasteiger partial charge in [-0.2, -0.15) is 5.26 Å². The summed E-state index contributed by atoms with van der Waals surface area (Å²) >= 11 is 0. The van der Waals surface area contributed by atoms with Gasteiger partial charge in [0.15, 0.2) is 0 Å². The highest BCUT2D eigenvalue weighted by Crippen LogP contribution is 2.19. The molecule has 3 heteroatoms. The maximum Gasteiger partial charge on any atom is 0.252 e. The van der Waals surface area contributed by atoms with Crippen molar-refractivity contribution in [1.29, 1.82) is 5.26 Å². The molecule has 2 aromatic rings. The van der Waals surface area contributed by atoms with E-state index >= 15 is 0 Å². The SMILES string of the molecule is N#CCNC(=O)c1ccc(-c2ccccc2)cc1. The molecule has 0 unspecified atom stereocenters. The Kier molecular flexibility index (Phi) is 3.72. The first-order valence-corrected chi connectivity index (χ1v) is 5.62. The molecular formula is C15H12N2O. The zero-order chi connectivity index (χ0) is 12.8. The lowest BCUT2D eigenvalue weighted by Gasteiger charge is -2.04. The van der Waals surface area contributed by atoms with Crippen molar-refractivity contribution in [2.75, 3.05) is 6.54 Å². The van der Waals surface area contributed by atoms with Crippen LogP contribution in [0.1, 0.15) is 10.4 Å². The first-order valence-electron chi connectivity index (χ1n) is 5.62. The number of nitrogens with one attached hydrogen (secondary N) is 1. The van der Waals surface area contributed by atoms with Crippen LogP contribution < -0.4 is 5.32 Å². The molecule has 0 aromatic heterocycles. The first kappa shape index (κ1) is 11.9. The highest BCUT2D eigenvalue weighted by Gasteiger charge is 2.04. The van der Waals surface area contributed by atoms with Crippen molar-refractivity contribution in [2.45, 2.75) is 0 Å². The smallest absolute Gasteiger partial charge is 0.252 e. The van der Waals surface area contributed by atoms with Crippen LogP contribution in [-0.4, -0.2) is 12.5 Å². The lowest BCUT2D eigenvalue weighted by atomic mass is 10.0. The maximum absolute atomic E-state index is 11.6. The Bertz CT molecular complexity index is 568. The fourth-order valence-electron chi connectivity index (χ4n) is 1.67. The van der Waals surface area contributed by atoms with Crippen LogP contribution in [0.5, 0.6) is 0 Å². The molecular weight excluding hydrogens is 224 g/mol. The van der Waals surface area contributed by atoms with Crippen molar-refractivity contribution >= 4 is 5.91 Å². The van der Waals surface area contributed by atoms with E-state index in [-0.39, 0.29) is 12.5 Å². The average molecular weight is 236 g/mol. The van der Waals surface area contributed by atoms with Crippen LogP contribution in [0.3, 0.4) is 0 Å². The lowest BCUT2D eigenvalue weighted by molar-refractivity contribution is 0.0958. The summed E-state index contributed by atoms with van der Waals surface area (Å²) in [6.07, 6.45) is 0. The number of carbonyl (C=O) groups excluding carboxylic acids is 1. The van der Waals surface area contributed by atoms with Crippen molar-refractivity contribution < 1.29 is 4.79 Å². The molecule has 2 aromatic carbocycles. The van der Waals surface area contributed by atoms with Crippen LogP contribution >= 0.6 is 0 Å². The molecule has 0 bridgehead atoms. The Labute approximate surface area is 106 Å². The van der Waals surface area contributed by atoms with Gasteiger partial charge in [0.1, 0.15) is 6.54 Å². The molecule has 0 radical (unpaired) electrons. The standard InChI is InChI=1S/C15H12N2O/c16-10-11-17-15(18)14-8-6-13(7-9-14)12-4-2-1-3-5-12/h1-9H,11H2,(H,17,18). The van der Waals surface area contributed by atoms with Crippen molar-refractivity contribution in [3.63, 3.8) is 0 Å². The van der Waals surface area contributed by atoms with Gasteiger partial charge in [0.05, 0.1) is 6.07 Å². The van der Waals surface area contributed by atoms with Crippen LogP contribution in [0.4, 0.5) is 0 Å². The Morgan fingerprint density at radius 3 is 2.22 bits per heavy atom. The van der Waals surface area contributed by atoms with E-state index < -0.39 is 0 Å². The van der Waals surface area contributed by atoms with Gasteiger partial charge in [-0.1, -0.05) is 42.5 Å². The van der Waals surface area contributed by atoms with E-state index in [1.54, 1.807) is 12.1 Å². The predicted octanol–water partition coefficient (Wildman–Crippen LogP) is 2.61. The van der Waals surface area contributed by atoms with E-state index in [1.807, 2.05) is 48.5 Å². The number of rotatable bonds is 3. The molecule has 0 aliphatic rings. The number of nitrogens with zero attached hydrogens (tertiary/aromatic N) is 1. The monoisotopic (exact) mass is 236 g/mol. The van der Waals surface area contributed by atoms with Gasteiger partial charge in [-0.05, 0) is 23.3 Å². The maximum atomic E-state index is 11.6. The van der Waals surface area contributed by atoms with Crippen LogP contribution in [0.25, 0.3) is 11.1 Å². The summed E-state index contributed by atoms with van der Waals surface area (Å²) in [6, 6.07) is 19.1. The summed E-state index contributed by atoms with van der Waals surface area (Å²) in [5, 5.41) is 10.9. The summed E-state index contributed by atoms with van der Waals surface area (Å²) in [7, 11) is 0. The van der Waals surface area contributed by atoms with Gasteiger partial charge in [0, 0.05) is 5.56 Å². The minimum absolute atomic E-state index is 0.0271. The third-order valence-corrected chi connectivity index (χ3v) is 2.58. The summed E-state index contributed by atoms with van der Waals surface area (Å²) in [4.78, 5) is 11.6. The Morgan fingerprint density at radius 1 is 1.00 bits per heavy atom. The number of amides is 1. The zero-order valence-electron chi connectivity index (χ0n) is 9.76. The normalized spacial score (nSPS) is 9.50. The first-order chi connectivity index (χ1) is 8.81. The van der Waals surface area contributed by atoms with Crippen molar-refractivity contribution in [3.05, 3.63) is 60.2 Å². The van der Waals surface area contributed by atoms with E-state index in [4.69, 9.17) is 5.26 Å². The Morgan fingerprint density at radius 2 is 1.61 bits per heavy atom. The van der Waals surface area contributed by atoms with Gasteiger partial charge in [0.2, 0.25) is 0 Å². The highest BCUT2D eigenvalue weighted by molar-refractivity contribution is 5.94. The van der Waals surface area contributed by atoms with Gasteiger partial charge in [-0.25, -0.2) is 0 Å². The molecule has 0 spiro atoms. The van der Waals surface area contributed by atoms with E-state index in [0.717, 1.165) is 11.1 Å². The second-order valence-electron chi connectivity index (χ2n) is 3.78. The number of hydrogen-bond donors (Lipinski definition) is 1. The van der Waals surface area contributed by atoms with E-state index in [9.17, 15) is 4.79 Å². The molecule has 0 atom stereocenters. The van der Waals surface area contributed by atoms with Crippen molar-refractivity contribution in [1.82, 2.24) is 5.32 Å². The fourth-order valence-corrected chi connectivity index (χ4v) is 1.67. The third-order valence-electron chi connectivity index (χ3n) is 2.58. The molecule has 0 aliphatic heterocycles. The van der Waals surface area contributed by atoms with Gasteiger partial charge < -0.3 is 5.32 Å². The third kappa shape index (κ3) is 2.74. The second kappa shape index (κ2) is 5.65. The van der Waals surface area contributed by atoms with Crippen LogP contribution in [0.2, 0.25) is 0 Å². The van der Waals surface area contributed by atoms with Gasteiger partial charge in [-0.3, -0.25) is 4.79 Å². The number of nitriles is 1. The summed E-state index contributed by atoms with van der Waals surface area (Å²) in [6.45, 7) is 0.0271. The Hall–Kier alpha value is -2.60. The molecule has 0 aliphatic carbocycles. The number of benzene rings is 2. The molecule has 18 heavy (non-hydrogen) atoms. The summed E-state index contributed by atoms with van der Waals surface area (Å²) in [5.41, 5.74) is 2.74. The van der Waals surface area contributed by atoms with Crippen LogP contribution in [0, 0.1) is 11.3 Å². The summed E-state index contributed by atoms with van der Waals surface area (Å²) in [5.74, 6) is -0.226. The van der Waals surface area contributed by atoms with Crippen molar-refractivity contribution in [2.24, 2.45) is 0 Å². The predicted molar refractivity (Wildman–Crippen MR) is 69.8 cm³/mol. The molecule has 88 valence electrons. The second-order valence-corrected chi connectivity index (χ2v) is 3.78. The van der Waals surface area contributed by atoms with Gasteiger partial charge >= 0.3 is 0 Å². The average Bonchev–Trinajstić information content (AvgIpc) is 2.46. The molecule has 2 rings (SSSR count). The van der Waals surface area contributed by atoms with Crippen LogP contribution in [-0.2, 0) is 0 Å². The molecule has 0 saturated heterocycles. The van der Waals surface area contributed by atoms with Gasteiger partial charge in [0.25, 0.3) is 5.91 Å². The van der Waals surface area contributed by atoms with E-state index in [1.165, 1.54) is 0 Å². The van der Waals surface area contributed by atoms with E-state index in [2.05, 4.69) is 5.32 Å². The van der Waals surface area contributed by atoms with Crippen LogP contribution in [0.15, 0.2) is 54.6 Å². The van der Waals surface area contributed by atoms with E-state index in [0.29, 0.717) is 5.56 Å². The largest absolute Gasteiger partial charge is 0.339 e. The molecule has 0 saturated carbocycles.